The number of amides is 1. The van der Waals surface area contributed by atoms with Crippen molar-refractivity contribution in [3.63, 3.8) is 0 Å². The summed E-state index contributed by atoms with van der Waals surface area (Å²) in [7, 11) is 0. The van der Waals surface area contributed by atoms with Crippen molar-refractivity contribution < 1.29 is 4.79 Å². The number of piperazine rings is 1. The molecule has 3 heterocycles. The van der Waals surface area contributed by atoms with E-state index in [0.29, 0.717) is 36.9 Å². The van der Waals surface area contributed by atoms with Crippen molar-refractivity contribution in [3.8, 4) is 0 Å². The molecule has 0 N–H and O–H groups in total. The topological polar surface area (TPSA) is 62.2 Å². The second-order valence-corrected chi connectivity index (χ2v) is 6.68. The molecule has 3 aromatic rings. The average Bonchev–Trinajstić information content (AvgIpc) is 2.74. The average molecular weight is 380 g/mol. The first-order valence-corrected chi connectivity index (χ1v) is 9.06. The lowest BCUT2D eigenvalue weighted by molar-refractivity contribution is 0.0740. The number of benzene rings is 1. The highest BCUT2D eigenvalue weighted by atomic mass is 35.5. The number of pyridine rings is 1. The Kier molecular flexibility index (Phi) is 4.90. The number of fused-ring (bicyclic) bond motifs is 1. The van der Waals surface area contributed by atoms with Gasteiger partial charge in [0.1, 0.15) is 5.69 Å². The zero-order chi connectivity index (χ0) is 18.8. The van der Waals surface area contributed by atoms with Crippen LogP contribution >= 0.6 is 11.6 Å². The van der Waals surface area contributed by atoms with Crippen LogP contribution in [0.25, 0.3) is 10.9 Å². The minimum Gasteiger partial charge on any atom is -0.366 e. The van der Waals surface area contributed by atoms with Gasteiger partial charge in [-0.15, -0.1) is 0 Å². The Balaban J connectivity index is 1.60. The highest BCUT2D eigenvalue weighted by Gasteiger charge is 2.26. The molecule has 1 amide bonds. The summed E-state index contributed by atoms with van der Waals surface area (Å²) >= 11 is 6.41. The Morgan fingerprint density at radius 3 is 2.67 bits per heavy atom. The lowest BCUT2D eigenvalue weighted by Gasteiger charge is -2.37. The number of aromatic nitrogens is 3. The molecule has 6 nitrogen and oxygen atoms in total. The van der Waals surface area contributed by atoms with Gasteiger partial charge in [0.15, 0.2) is 0 Å². The van der Waals surface area contributed by atoms with E-state index in [4.69, 9.17) is 11.6 Å². The normalized spacial score (nSPS) is 14.6. The van der Waals surface area contributed by atoms with Crippen LogP contribution in [0.1, 0.15) is 16.1 Å². The Bertz CT molecular complexity index is 971. The van der Waals surface area contributed by atoms with Crippen LogP contribution in [0.2, 0.25) is 5.02 Å². The van der Waals surface area contributed by atoms with Crippen molar-refractivity contribution in [2.24, 2.45) is 0 Å². The molecule has 0 unspecified atom stereocenters. The summed E-state index contributed by atoms with van der Waals surface area (Å²) in [6.07, 6.45) is 8.16. The molecule has 1 aliphatic heterocycles. The molecule has 1 fully saturated rings. The summed E-state index contributed by atoms with van der Waals surface area (Å²) in [5, 5.41) is 1.58. The van der Waals surface area contributed by atoms with E-state index in [1.165, 1.54) is 12.4 Å². The van der Waals surface area contributed by atoms with Gasteiger partial charge in [0.25, 0.3) is 5.91 Å². The van der Waals surface area contributed by atoms with Crippen LogP contribution in [0.4, 0.5) is 5.69 Å². The van der Waals surface area contributed by atoms with E-state index in [2.05, 4.69) is 26.8 Å². The number of carbonyl (C=O) groups excluding carboxylic acids is 1. The van der Waals surface area contributed by atoms with Crippen LogP contribution in [0.5, 0.6) is 0 Å². The SMILES string of the molecule is [CH2][CH]c1cc(Cl)c2cccnc2c1N1CCN(C(=O)c2cnccn2)CC1. The standard InChI is InChI=1S/C20H18ClN5O/c1-2-14-12-16(21)15-4-3-5-24-18(15)19(14)25-8-10-26(11-9-25)20(27)17-13-22-6-7-23-17/h2-7,12-13H,1,8-11H2. The van der Waals surface area contributed by atoms with Crippen LogP contribution in [-0.2, 0) is 0 Å². The molecular formula is C20H18ClN5O. The van der Waals surface area contributed by atoms with Gasteiger partial charge in [0, 0.05) is 50.2 Å². The number of anilines is 1. The Morgan fingerprint density at radius 1 is 1.15 bits per heavy atom. The van der Waals surface area contributed by atoms with Gasteiger partial charge >= 0.3 is 0 Å². The monoisotopic (exact) mass is 379 g/mol. The number of hydrogen-bond donors (Lipinski definition) is 0. The van der Waals surface area contributed by atoms with Gasteiger partial charge in [0.2, 0.25) is 0 Å². The first-order valence-electron chi connectivity index (χ1n) is 8.69. The fourth-order valence-electron chi connectivity index (χ4n) is 3.40. The first kappa shape index (κ1) is 17.7. The maximum atomic E-state index is 12.6. The van der Waals surface area contributed by atoms with Gasteiger partial charge in [-0.3, -0.25) is 14.8 Å². The molecule has 4 rings (SSSR count). The fourth-order valence-corrected chi connectivity index (χ4v) is 3.67. The summed E-state index contributed by atoms with van der Waals surface area (Å²) < 4.78 is 0. The molecule has 7 heteroatoms. The molecule has 0 spiro atoms. The quantitative estimate of drug-likeness (QED) is 0.700. The summed E-state index contributed by atoms with van der Waals surface area (Å²) in [5.41, 5.74) is 3.18. The van der Waals surface area contributed by atoms with Crippen molar-refractivity contribution in [2.45, 2.75) is 0 Å². The van der Waals surface area contributed by atoms with Crippen molar-refractivity contribution >= 4 is 34.1 Å². The maximum absolute atomic E-state index is 12.6. The van der Waals surface area contributed by atoms with Crippen molar-refractivity contribution in [1.82, 2.24) is 19.9 Å². The van der Waals surface area contributed by atoms with Gasteiger partial charge in [-0.2, -0.15) is 0 Å². The summed E-state index contributed by atoms with van der Waals surface area (Å²) in [6.45, 7) is 6.51. The number of nitrogens with zero attached hydrogens (tertiary/aromatic N) is 5. The number of rotatable bonds is 3. The number of halogens is 1. The van der Waals surface area contributed by atoms with E-state index >= 15 is 0 Å². The van der Waals surface area contributed by atoms with E-state index in [-0.39, 0.29) is 5.91 Å². The lowest BCUT2D eigenvalue weighted by atomic mass is 10.0. The third-order valence-corrected chi connectivity index (χ3v) is 5.04. The predicted molar refractivity (Wildman–Crippen MR) is 106 cm³/mol. The minimum atomic E-state index is -0.0919. The molecule has 1 aromatic carbocycles. The number of carbonyl (C=O) groups is 1. The van der Waals surface area contributed by atoms with Crippen LogP contribution in [0.15, 0.2) is 43.0 Å². The maximum Gasteiger partial charge on any atom is 0.274 e. The van der Waals surface area contributed by atoms with E-state index in [1.54, 1.807) is 23.7 Å². The molecule has 1 saturated heterocycles. The molecular weight excluding hydrogens is 362 g/mol. The third kappa shape index (κ3) is 3.32. The highest BCUT2D eigenvalue weighted by molar-refractivity contribution is 6.36. The first-order chi connectivity index (χ1) is 13.2. The van der Waals surface area contributed by atoms with Crippen molar-refractivity contribution in [3.05, 3.63) is 72.6 Å². The van der Waals surface area contributed by atoms with Gasteiger partial charge in [-0.05, 0) is 37.1 Å². The van der Waals surface area contributed by atoms with Gasteiger partial charge in [0.05, 0.1) is 22.4 Å². The smallest absolute Gasteiger partial charge is 0.274 e. The van der Waals surface area contributed by atoms with Gasteiger partial charge in [-0.25, -0.2) is 4.98 Å². The molecule has 136 valence electrons. The lowest BCUT2D eigenvalue weighted by Crippen LogP contribution is -2.49. The third-order valence-electron chi connectivity index (χ3n) is 4.73. The summed E-state index contributed by atoms with van der Waals surface area (Å²) in [6, 6.07) is 5.77. The van der Waals surface area contributed by atoms with Crippen LogP contribution < -0.4 is 4.90 Å². The molecule has 0 saturated carbocycles. The minimum absolute atomic E-state index is 0.0919. The molecule has 27 heavy (non-hydrogen) atoms. The highest BCUT2D eigenvalue weighted by Crippen LogP contribution is 2.35. The van der Waals surface area contributed by atoms with Crippen molar-refractivity contribution in [1.29, 1.82) is 0 Å². The largest absolute Gasteiger partial charge is 0.366 e. The fraction of sp³-hybridized carbons (Fsp3) is 0.200. The summed E-state index contributed by atoms with van der Waals surface area (Å²) in [5.74, 6) is -0.0919. The number of hydrogen-bond acceptors (Lipinski definition) is 5. The second kappa shape index (κ2) is 7.48. The van der Waals surface area contributed by atoms with Crippen LogP contribution in [0.3, 0.4) is 0 Å². The molecule has 1 aliphatic rings. The van der Waals surface area contributed by atoms with Gasteiger partial charge < -0.3 is 9.80 Å². The Morgan fingerprint density at radius 2 is 1.96 bits per heavy atom. The van der Waals surface area contributed by atoms with Crippen LogP contribution in [-0.4, -0.2) is 51.9 Å². The van der Waals surface area contributed by atoms with E-state index in [9.17, 15) is 4.79 Å². The summed E-state index contributed by atoms with van der Waals surface area (Å²) in [4.78, 5) is 29.3. The zero-order valence-corrected chi connectivity index (χ0v) is 15.4. The van der Waals surface area contributed by atoms with E-state index in [0.717, 1.165) is 22.2 Å². The molecule has 2 aromatic heterocycles. The molecule has 0 aliphatic carbocycles. The molecule has 0 atom stereocenters. The van der Waals surface area contributed by atoms with E-state index < -0.39 is 0 Å². The van der Waals surface area contributed by atoms with Crippen molar-refractivity contribution in [2.75, 3.05) is 31.1 Å². The van der Waals surface area contributed by atoms with Gasteiger partial charge in [-0.1, -0.05) is 11.6 Å². The molecule has 2 radical (unpaired) electrons. The van der Waals surface area contributed by atoms with E-state index in [1.807, 2.05) is 18.2 Å². The second-order valence-electron chi connectivity index (χ2n) is 6.27. The Hall–Kier alpha value is -2.73. The zero-order valence-electron chi connectivity index (χ0n) is 14.7. The predicted octanol–water partition coefficient (Wildman–Crippen LogP) is 3.03. The molecule has 0 bridgehead atoms. The van der Waals surface area contributed by atoms with Crippen LogP contribution in [0, 0.1) is 13.3 Å². The Labute approximate surface area is 162 Å².